The number of likely N-dealkylation sites (tertiary alicyclic amines) is 1. The highest BCUT2D eigenvalue weighted by Crippen LogP contribution is 2.38. The number of aliphatic hydroxyl groups is 1. The maximum atomic E-state index is 10.4. The van der Waals surface area contributed by atoms with Gasteiger partial charge in [0.1, 0.15) is 5.75 Å². The molecule has 106 valence electrons. The summed E-state index contributed by atoms with van der Waals surface area (Å²) < 4.78 is 5.22. The molecule has 0 spiro atoms. The maximum Gasteiger partial charge on any atom is 0.122 e. The van der Waals surface area contributed by atoms with E-state index in [-0.39, 0.29) is 5.41 Å². The molecule has 0 bridgehead atoms. The lowest BCUT2D eigenvalue weighted by Gasteiger charge is -2.48. The Labute approximate surface area is 115 Å². The van der Waals surface area contributed by atoms with Gasteiger partial charge in [-0.3, -0.25) is 9.88 Å². The highest BCUT2D eigenvalue weighted by molar-refractivity contribution is 5.22. The number of ether oxygens (including phenoxy) is 1. The molecule has 0 radical (unpaired) electrons. The Morgan fingerprint density at radius 1 is 1.42 bits per heavy atom. The highest BCUT2D eigenvalue weighted by atomic mass is 16.5. The van der Waals surface area contributed by atoms with Gasteiger partial charge in [0.25, 0.3) is 0 Å². The summed E-state index contributed by atoms with van der Waals surface area (Å²) in [6.07, 6.45) is 2.57. The molecule has 1 aliphatic heterocycles. The molecule has 0 amide bonds. The van der Waals surface area contributed by atoms with Gasteiger partial charge < -0.3 is 9.84 Å². The standard InChI is InChI=1S/C15H24N2O2/c1-14(2)11-17(8-6-15(14,3)18)10-12-9-13(19-4)5-7-16-12/h5,7,9,18H,6,8,10-11H2,1-4H3/t15-/m1/s1. The fourth-order valence-corrected chi connectivity index (χ4v) is 2.56. The van der Waals surface area contributed by atoms with Crippen molar-refractivity contribution in [2.75, 3.05) is 20.2 Å². The molecule has 0 unspecified atom stereocenters. The van der Waals surface area contributed by atoms with Crippen molar-refractivity contribution in [3.63, 3.8) is 0 Å². The second-order valence-corrected chi connectivity index (χ2v) is 6.31. The Morgan fingerprint density at radius 3 is 2.79 bits per heavy atom. The number of hydrogen-bond acceptors (Lipinski definition) is 4. The van der Waals surface area contributed by atoms with Gasteiger partial charge in [-0.2, -0.15) is 0 Å². The number of piperidine rings is 1. The van der Waals surface area contributed by atoms with E-state index >= 15 is 0 Å². The van der Waals surface area contributed by atoms with Crippen LogP contribution in [0.15, 0.2) is 18.3 Å². The van der Waals surface area contributed by atoms with E-state index in [9.17, 15) is 5.11 Å². The summed E-state index contributed by atoms with van der Waals surface area (Å²) in [4.78, 5) is 6.73. The van der Waals surface area contributed by atoms with Crippen LogP contribution in [-0.4, -0.2) is 40.8 Å². The molecule has 0 aromatic carbocycles. The average Bonchev–Trinajstić information content (AvgIpc) is 2.34. The molecule has 0 aliphatic carbocycles. The van der Waals surface area contributed by atoms with Gasteiger partial charge in [-0.05, 0) is 19.4 Å². The van der Waals surface area contributed by atoms with Crippen LogP contribution < -0.4 is 4.74 Å². The van der Waals surface area contributed by atoms with Crippen molar-refractivity contribution in [1.29, 1.82) is 0 Å². The van der Waals surface area contributed by atoms with Gasteiger partial charge in [0.15, 0.2) is 0 Å². The first kappa shape index (κ1) is 14.3. The fraction of sp³-hybridized carbons (Fsp3) is 0.667. The molecule has 4 nitrogen and oxygen atoms in total. The summed E-state index contributed by atoms with van der Waals surface area (Å²) in [6.45, 7) is 8.76. The molecule has 19 heavy (non-hydrogen) atoms. The fourth-order valence-electron chi connectivity index (χ4n) is 2.56. The monoisotopic (exact) mass is 264 g/mol. The number of hydrogen-bond donors (Lipinski definition) is 1. The summed E-state index contributed by atoms with van der Waals surface area (Å²) in [5.74, 6) is 0.841. The number of aromatic nitrogens is 1. The Balaban J connectivity index is 2.05. The minimum Gasteiger partial charge on any atom is -0.497 e. The lowest BCUT2D eigenvalue weighted by Crippen LogP contribution is -2.55. The largest absolute Gasteiger partial charge is 0.497 e. The van der Waals surface area contributed by atoms with Crippen LogP contribution in [0.1, 0.15) is 32.9 Å². The van der Waals surface area contributed by atoms with Gasteiger partial charge in [0, 0.05) is 37.3 Å². The first-order chi connectivity index (χ1) is 8.84. The zero-order valence-corrected chi connectivity index (χ0v) is 12.3. The van der Waals surface area contributed by atoms with Crippen LogP contribution >= 0.6 is 0 Å². The van der Waals surface area contributed by atoms with Crippen molar-refractivity contribution >= 4 is 0 Å². The van der Waals surface area contributed by atoms with Crippen LogP contribution in [-0.2, 0) is 6.54 Å². The van der Waals surface area contributed by atoms with Gasteiger partial charge in [0.2, 0.25) is 0 Å². The average molecular weight is 264 g/mol. The number of pyridine rings is 1. The third kappa shape index (κ3) is 3.07. The Kier molecular flexibility index (Phi) is 3.83. The molecule has 1 fully saturated rings. The molecule has 1 N–H and O–H groups in total. The summed E-state index contributed by atoms with van der Waals surface area (Å²) in [6, 6.07) is 3.83. The number of methoxy groups -OCH3 is 1. The topological polar surface area (TPSA) is 45.6 Å². The predicted molar refractivity (Wildman–Crippen MR) is 75.1 cm³/mol. The van der Waals surface area contributed by atoms with Crippen molar-refractivity contribution in [3.8, 4) is 5.75 Å². The van der Waals surface area contributed by atoms with Crippen LogP contribution in [0.5, 0.6) is 5.75 Å². The van der Waals surface area contributed by atoms with E-state index in [4.69, 9.17) is 4.74 Å². The SMILES string of the molecule is COc1ccnc(CN2CC[C@@](C)(O)C(C)(C)C2)c1. The molecule has 1 aromatic heterocycles. The van der Waals surface area contributed by atoms with E-state index in [1.807, 2.05) is 19.1 Å². The second kappa shape index (κ2) is 5.10. The van der Waals surface area contributed by atoms with Crippen LogP contribution in [0.2, 0.25) is 0 Å². The van der Waals surface area contributed by atoms with Crippen LogP contribution in [0, 0.1) is 5.41 Å². The normalized spacial score (nSPS) is 27.2. The molecule has 0 saturated carbocycles. The molecule has 1 aromatic rings. The Morgan fingerprint density at radius 2 is 2.16 bits per heavy atom. The van der Waals surface area contributed by atoms with E-state index in [0.29, 0.717) is 0 Å². The van der Waals surface area contributed by atoms with E-state index in [1.54, 1.807) is 13.3 Å². The van der Waals surface area contributed by atoms with Crippen molar-refractivity contribution < 1.29 is 9.84 Å². The molecule has 1 atom stereocenters. The van der Waals surface area contributed by atoms with Crippen molar-refractivity contribution in [2.45, 2.75) is 39.3 Å². The first-order valence-corrected chi connectivity index (χ1v) is 6.78. The molecule has 4 heteroatoms. The summed E-state index contributed by atoms with van der Waals surface area (Å²) in [5, 5.41) is 10.4. The first-order valence-electron chi connectivity index (χ1n) is 6.78. The molecular weight excluding hydrogens is 240 g/mol. The zero-order valence-electron chi connectivity index (χ0n) is 12.3. The Bertz CT molecular complexity index is 444. The lowest BCUT2D eigenvalue weighted by atomic mass is 9.71. The summed E-state index contributed by atoms with van der Waals surface area (Å²) in [5.41, 5.74) is 0.312. The number of nitrogens with zero attached hydrogens (tertiary/aromatic N) is 2. The van der Waals surface area contributed by atoms with Crippen molar-refractivity contribution in [1.82, 2.24) is 9.88 Å². The minimum absolute atomic E-state index is 0.107. The van der Waals surface area contributed by atoms with Gasteiger partial charge in [-0.1, -0.05) is 13.8 Å². The third-order valence-electron chi connectivity index (χ3n) is 4.40. The maximum absolute atomic E-state index is 10.4. The molecule has 1 aliphatic rings. The van der Waals surface area contributed by atoms with Gasteiger partial charge in [-0.25, -0.2) is 0 Å². The molecule has 2 rings (SSSR count). The van der Waals surface area contributed by atoms with Gasteiger partial charge in [-0.15, -0.1) is 0 Å². The van der Waals surface area contributed by atoms with Gasteiger partial charge in [0.05, 0.1) is 18.4 Å². The Hall–Kier alpha value is -1.13. The van der Waals surface area contributed by atoms with E-state index in [1.165, 1.54) is 0 Å². The minimum atomic E-state index is -0.592. The highest BCUT2D eigenvalue weighted by Gasteiger charge is 2.43. The smallest absolute Gasteiger partial charge is 0.122 e. The number of rotatable bonds is 3. The van der Waals surface area contributed by atoms with Crippen LogP contribution in [0.3, 0.4) is 0 Å². The molecular formula is C15H24N2O2. The third-order valence-corrected chi connectivity index (χ3v) is 4.40. The lowest BCUT2D eigenvalue weighted by molar-refractivity contribution is -0.107. The van der Waals surface area contributed by atoms with E-state index in [0.717, 1.165) is 37.5 Å². The van der Waals surface area contributed by atoms with Crippen LogP contribution in [0.25, 0.3) is 0 Å². The van der Waals surface area contributed by atoms with E-state index < -0.39 is 5.60 Å². The predicted octanol–water partition coefficient (Wildman–Crippen LogP) is 2.07. The van der Waals surface area contributed by atoms with Gasteiger partial charge >= 0.3 is 0 Å². The van der Waals surface area contributed by atoms with Crippen molar-refractivity contribution in [2.24, 2.45) is 5.41 Å². The quantitative estimate of drug-likeness (QED) is 0.908. The zero-order chi connectivity index (χ0) is 14.1. The second-order valence-electron chi connectivity index (χ2n) is 6.31. The summed E-state index contributed by atoms with van der Waals surface area (Å²) >= 11 is 0. The van der Waals surface area contributed by atoms with E-state index in [2.05, 4.69) is 23.7 Å². The van der Waals surface area contributed by atoms with Crippen molar-refractivity contribution in [3.05, 3.63) is 24.0 Å². The summed E-state index contributed by atoms with van der Waals surface area (Å²) in [7, 11) is 1.67. The molecule has 1 saturated heterocycles. The van der Waals surface area contributed by atoms with Crippen LogP contribution in [0.4, 0.5) is 0 Å². The molecule has 2 heterocycles.